The van der Waals surface area contributed by atoms with Gasteiger partial charge in [0, 0.05) is 24.0 Å². The molecule has 4 heteroatoms. The van der Waals surface area contributed by atoms with Gasteiger partial charge in [-0.1, -0.05) is 48.5 Å². The quantitative estimate of drug-likeness (QED) is 0.736. The van der Waals surface area contributed by atoms with E-state index in [2.05, 4.69) is 54.3 Å². The number of aromatic nitrogens is 1. The number of aliphatic hydroxyl groups excluding tert-OH is 1. The lowest BCUT2D eigenvalue weighted by Crippen LogP contribution is -2.45. The van der Waals surface area contributed by atoms with Crippen molar-refractivity contribution in [2.45, 2.75) is 38.6 Å². The van der Waals surface area contributed by atoms with Crippen LogP contribution >= 0.6 is 0 Å². The van der Waals surface area contributed by atoms with Gasteiger partial charge in [0.1, 0.15) is 11.9 Å². The Labute approximate surface area is 165 Å². The average Bonchev–Trinajstić information content (AvgIpc) is 3.59. The molecule has 1 N–H and O–H groups in total. The molecule has 0 radical (unpaired) electrons. The summed E-state index contributed by atoms with van der Waals surface area (Å²) in [7, 11) is 0. The third-order valence-corrected chi connectivity index (χ3v) is 6.02. The second-order valence-corrected chi connectivity index (χ2v) is 8.09. The summed E-state index contributed by atoms with van der Waals surface area (Å²) in [5.41, 5.74) is 4.28. The Morgan fingerprint density at radius 2 is 1.89 bits per heavy atom. The van der Waals surface area contributed by atoms with E-state index in [9.17, 15) is 5.11 Å². The molecule has 3 aromatic rings. The highest BCUT2D eigenvalue weighted by Crippen LogP contribution is 2.41. The highest BCUT2D eigenvalue weighted by atomic mass is 16.5. The molecular formula is C24H26N2O2. The number of aliphatic hydroxyl groups is 1. The highest BCUT2D eigenvalue weighted by molar-refractivity contribution is 5.84. The number of rotatable bonds is 4. The fourth-order valence-corrected chi connectivity index (χ4v) is 4.31. The maximum atomic E-state index is 10.1. The van der Waals surface area contributed by atoms with E-state index in [4.69, 9.17) is 9.72 Å². The molecule has 5 rings (SSSR count). The Morgan fingerprint density at radius 3 is 2.64 bits per heavy atom. The molecule has 0 spiro atoms. The van der Waals surface area contributed by atoms with Crippen LogP contribution in [0.2, 0.25) is 0 Å². The van der Waals surface area contributed by atoms with Crippen molar-refractivity contribution in [1.29, 1.82) is 0 Å². The first-order chi connectivity index (χ1) is 13.7. The van der Waals surface area contributed by atoms with E-state index in [1.807, 2.05) is 12.1 Å². The lowest BCUT2D eigenvalue weighted by atomic mass is 10.0. The largest absolute Gasteiger partial charge is 0.392 e. The maximum absolute atomic E-state index is 10.1. The number of aryl methyl sites for hydroxylation is 1. The number of pyridine rings is 1. The van der Waals surface area contributed by atoms with Gasteiger partial charge in [0.05, 0.1) is 18.2 Å². The first-order valence-corrected chi connectivity index (χ1v) is 10.2. The van der Waals surface area contributed by atoms with E-state index in [0.717, 1.165) is 40.9 Å². The molecule has 0 bridgehead atoms. The summed E-state index contributed by atoms with van der Waals surface area (Å²) in [4.78, 5) is 7.36. The molecule has 1 saturated heterocycles. The van der Waals surface area contributed by atoms with Gasteiger partial charge in [-0.15, -0.1) is 0 Å². The fraction of sp³-hybridized carbons (Fsp3) is 0.375. The van der Waals surface area contributed by atoms with Crippen molar-refractivity contribution in [2.24, 2.45) is 5.92 Å². The van der Waals surface area contributed by atoms with Crippen LogP contribution in [0, 0.1) is 12.8 Å². The molecular weight excluding hydrogens is 348 g/mol. The number of anilines is 1. The van der Waals surface area contributed by atoms with Crippen LogP contribution in [0.4, 0.5) is 5.82 Å². The van der Waals surface area contributed by atoms with Crippen molar-refractivity contribution in [3.63, 3.8) is 0 Å². The Balaban J connectivity index is 1.55. The number of benzene rings is 2. The summed E-state index contributed by atoms with van der Waals surface area (Å²) in [6.07, 6.45) is 2.75. The SMILES string of the molecule is Cc1cccc2cc(CO)c(N3C[C@@H](c4ccccc4)O[C@@H](C4CC4)C3)nc12. The molecule has 1 aliphatic heterocycles. The van der Waals surface area contributed by atoms with Gasteiger partial charge in [-0.2, -0.15) is 0 Å². The van der Waals surface area contributed by atoms with E-state index in [1.165, 1.54) is 18.4 Å². The van der Waals surface area contributed by atoms with Crippen LogP contribution < -0.4 is 4.90 Å². The van der Waals surface area contributed by atoms with Gasteiger partial charge < -0.3 is 14.7 Å². The number of hydrogen-bond acceptors (Lipinski definition) is 4. The number of para-hydroxylation sites is 1. The predicted molar refractivity (Wildman–Crippen MR) is 111 cm³/mol. The van der Waals surface area contributed by atoms with E-state index < -0.39 is 0 Å². The van der Waals surface area contributed by atoms with E-state index >= 15 is 0 Å². The van der Waals surface area contributed by atoms with E-state index in [1.54, 1.807) is 0 Å². The molecule has 2 aliphatic rings. The Hall–Kier alpha value is -2.43. The second kappa shape index (κ2) is 7.19. The van der Waals surface area contributed by atoms with Crippen molar-refractivity contribution in [3.05, 3.63) is 71.3 Å². The standard InChI is InChI=1S/C24H26N2O2/c1-16-6-5-9-19-12-20(15-27)24(25-23(16)19)26-13-21(17-7-3-2-4-8-17)28-22(14-26)18-10-11-18/h2-9,12,18,21-22,27H,10-11,13-15H2,1H3/t21-,22+/m0/s1. The third kappa shape index (κ3) is 3.27. The number of fused-ring (bicyclic) bond motifs is 1. The Bertz CT molecular complexity index is 985. The van der Waals surface area contributed by atoms with Gasteiger partial charge >= 0.3 is 0 Å². The fourth-order valence-electron chi connectivity index (χ4n) is 4.31. The highest BCUT2D eigenvalue weighted by Gasteiger charge is 2.39. The van der Waals surface area contributed by atoms with Gasteiger partial charge in [-0.25, -0.2) is 4.98 Å². The molecule has 2 heterocycles. The average molecular weight is 374 g/mol. The summed E-state index contributed by atoms with van der Waals surface area (Å²) >= 11 is 0. The zero-order valence-corrected chi connectivity index (χ0v) is 16.2. The van der Waals surface area contributed by atoms with Crippen molar-refractivity contribution in [1.82, 2.24) is 4.98 Å². The van der Waals surface area contributed by atoms with Gasteiger partial charge in [-0.3, -0.25) is 0 Å². The van der Waals surface area contributed by atoms with Crippen LogP contribution in [0.15, 0.2) is 54.6 Å². The number of hydrogen-bond donors (Lipinski definition) is 1. The zero-order valence-electron chi connectivity index (χ0n) is 16.2. The second-order valence-electron chi connectivity index (χ2n) is 8.09. The van der Waals surface area contributed by atoms with Crippen molar-refractivity contribution in [2.75, 3.05) is 18.0 Å². The Morgan fingerprint density at radius 1 is 1.07 bits per heavy atom. The molecule has 28 heavy (non-hydrogen) atoms. The zero-order chi connectivity index (χ0) is 19.1. The van der Waals surface area contributed by atoms with Crippen molar-refractivity contribution in [3.8, 4) is 0 Å². The number of ether oxygens (including phenoxy) is 1. The van der Waals surface area contributed by atoms with Gasteiger partial charge in [0.2, 0.25) is 0 Å². The van der Waals surface area contributed by atoms with Gasteiger partial charge in [0.25, 0.3) is 0 Å². The van der Waals surface area contributed by atoms with Crippen LogP contribution in [-0.4, -0.2) is 29.3 Å². The van der Waals surface area contributed by atoms with Gasteiger partial charge in [-0.05, 0) is 42.9 Å². The molecule has 144 valence electrons. The van der Waals surface area contributed by atoms with E-state index in [-0.39, 0.29) is 18.8 Å². The molecule has 0 unspecified atom stereocenters. The molecule has 4 nitrogen and oxygen atoms in total. The molecule has 2 aromatic carbocycles. The number of morpholine rings is 1. The lowest BCUT2D eigenvalue weighted by Gasteiger charge is -2.40. The minimum Gasteiger partial charge on any atom is -0.392 e. The molecule has 2 atom stereocenters. The van der Waals surface area contributed by atoms with Crippen LogP contribution in [0.25, 0.3) is 10.9 Å². The lowest BCUT2D eigenvalue weighted by molar-refractivity contribution is -0.0388. The summed E-state index contributed by atoms with van der Waals surface area (Å²) in [6.45, 7) is 3.68. The maximum Gasteiger partial charge on any atom is 0.135 e. The molecule has 1 aromatic heterocycles. The molecule has 2 fully saturated rings. The molecule has 1 saturated carbocycles. The van der Waals surface area contributed by atoms with Crippen molar-refractivity contribution >= 4 is 16.7 Å². The first kappa shape index (κ1) is 17.7. The summed E-state index contributed by atoms with van der Waals surface area (Å²) in [6, 6.07) is 18.8. The summed E-state index contributed by atoms with van der Waals surface area (Å²) < 4.78 is 6.50. The number of nitrogens with zero attached hydrogens (tertiary/aromatic N) is 2. The first-order valence-electron chi connectivity index (χ1n) is 10.2. The van der Waals surface area contributed by atoms with Crippen LogP contribution in [0.3, 0.4) is 0 Å². The molecule has 1 aliphatic carbocycles. The van der Waals surface area contributed by atoms with Gasteiger partial charge in [0.15, 0.2) is 0 Å². The van der Waals surface area contributed by atoms with Crippen molar-refractivity contribution < 1.29 is 9.84 Å². The Kier molecular flexibility index (Phi) is 4.53. The van der Waals surface area contributed by atoms with Crippen LogP contribution in [0.1, 0.15) is 35.6 Å². The van der Waals surface area contributed by atoms with Crippen LogP contribution in [0.5, 0.6) is 0 Å². The predicted octanol–water partition coefficient (Wildman–Crippen LogP) is 4.39. The molecule has 0 amide bonds. The van der Waals surface area contributed by atoms with E-state index in [0.29, 0.717) is 5.92 Å². The minimum absolute atomic E-state index is 0.00628. The monoisotopic (exact) mass is 374 g/mol. The normalized spacial score (nSPS) is 22.6. The summed E-state index contributed by atoms with van der Waals surface area (Å²) in [5, 5.41) is 11.1. The minimum atomic E-state index is -0.00628. The topological polar surface area (TPSA) is 45.6 Å². The third-order valence-electron chi connectivity index (χ3n) is 6.02. The summed E-state index contributed by atoms with van der Waals surface area (Å²) in [5.74, 6) is 1.55. The van der Waals surface area contributed by atoms with Crippen LogP contribution in [-0.2, 0) is 11.3 Å². The smallest absolute Gasteiger partial charge is 0.135 e.